The van der Waals surface area contributed by atoms with Gasteiger partial charge >= 0.3 is 0 Å². The van der Waals surface area contributed by atoms with E-state index in [-0.39, 0.29) is 6.79 Å². The Hall–Kier alpha value is -0.930. The van der Waals surface area contributed by atoms with Crippen molar-refractivity contribution in [2.45, 2.75) is 0 Å². The number of benzene rings is 1. The molecule has 0 saturated heterocycles. The zero-order valence-electron chi connectivity index (χ0n) is 8.33. The molecule has 0 unspecified atom stereocenters. The summed E-state index contributed by atoms with van der Waals surface area (Å²) < 4.78 is 18.3. The van der Waals surface area contributed by atoms with Crippen molar-refractivity contribution in [3.63, 3.8) is 0 Å². The molecule has 1 rings (SSSR count). The molecule has 0 spiro atoms. The fourth-order valence-electron chi connectivity index (χ4n) is 0.963. The molecular weight excluding hydrogens is 307 g/mol. The van der Waals surface area contributed by atoms with Crippen molar-refractivity contribution in [3.05, 3.63) is 24.3 Å². The standard InChI is InChI=1S/C11H11IO3/c1-13-10-5-2-3-6-11(10)15-9-14-8-4-7-12/h2-3,5-6H,8-9H2,1H3. The van der Waals surface area contributed by atoms with Crippen molar-refractivity contribution >= 4 is 22.6 Å². The number of methoxy groups -OCH3 is 1. The van der Waals surface area contributed by atoms with E-state index in [4.69, 9.17) is 14.2 Å². The largest absolute Gasteiger partial charge is 0.493 e. The number of hydrogen-bond acceptors (Lipinski definition) is 3. The SMILES string of the molecule is COc1ccccc1OCOCC#CI. The van der Waals surface area contributed by atoms with Crippen molar-refractivity contribution in [1.82, 2.24) is 0 Å². The van der Waals surface area contributed by atoms with Crippen LogP contribution in [-0.2, 0) is 4.74 Å². The van der Waals surface area contributed by atoms with Crippen LogP contribution in [0, 0.1) is 9.85 Å². The average molecular weight is 318 g/mol. The number of hydrogen-bond donors (Lipinski definition) is 0. The van der Waals surface area contributed by atoms with Crippen molar-refractivity contribution < 1.29 is 14.2 Å². The molecule has 1 aromatic rings. The maximum Gasteiger partial charge on any atom is 0.190 e. The molecule has 0 aliphatic carbocycles. The minimum atomic E-state index is 0.172. The van der Waals surface area contributed by atoms with Gasteiger partial charge in [-0.1, -0.05) is 18.1 Å². The first kappa shape index (κ1) is 12.1. The van der Waals surface area contributed by atoms with Gasteiger partial charge in [0, 0.05) is 22.6 Å². The van der Waals surface area contributed by atoms with Crippen LogP contribution in [0.4, 0.5) is 0 Å². The highest BCUT2D eigenvalue weighted by molar-refractivity contribution is 14.1. The molecule has 80 valence electrons. The molecule has 0 aliphatic heterocycles. The van der Waals surface area contributed by atoms with Crippen LogP contribution >= 0.6 is 22.6 Å². The topological polar surface area (TPSA) is 27.7 Å². The van der Waals surface area contributed by atoms with Gasteiger partial charge in [0.05, 0.1) is 7.11 Å². The molecular formula is C11H11IO3. The van der Waals surface area contributed by atoms with Gasteiger partial charge in [-0.15, -0.1) is 0 Å². The normalized spacial score (nSPS) is 8.93. The number of halogens is 1. The first-order valence-corrected chi connectivity index (χ1v) is 5.38. The molecule has 0 saturated carbocycles. The lowest BCUT2D eigenvalue weighted by Crippen LogP contribution is -2.03. The zero-order chi connectivity index (χ0) is 10.9. The lowest BCUT2D eigenvalue weighted by Gasteiger charge is -2.09. The second-order valence-electron chi connectivity index (χ2n) is 2.53. The summed E-state index contributed by atoms with van der Waals surface area (Å²) in [6.45, 7) is 0.545. The van der Waals surface area contributed by atoms with Crippen molar-refractivity contribution in [2.24, 2.45) is 0 Å². The third-order valence-electron chi connectivity index (χ3n) is 1.61. The van der Waals surface area contributed by atoms with Gasteiger partial charge in [0.15, 0.2) is 18.3 Å². The van der Waals surface area contributed by atoms with E-state index in [9.17, 15) is 0 Å². The van der Waals surface area contributed by atoms with E-state index < -0.39 is 0 Å². The minimum Gasteiger partial charge on any atom is -0.493 e. The minimum absolute atomic E-state index is 0.172. The third-order valence-corrected chi connectivity index (χ3v) is 1.99. The molecule has 0 fully saturated rings. The third kappa shape index (κ3) is 4.40. The second kappa shape index (κ2) is 7.37. The van der Waals surface area contributed by atoms with E-state index in [1.165, 1.54) is 0 Å². The van der Waals surface area contributed by atoms with Gasteiger partial charge < -0.3 is 14.2 Å². The van der Waals surface area contributed by atoms with Crippen LogP contribution in [0.1, 0.15) is 0 Å². The Kier molecular flexibility index (Phi) is 5.97. The smallest absolute Gasteiger partial charge is 0.190 e. The van der Waals surface area contributed by atoms with E-state index >= 15 is 0 Å². The van der Waals surface area contributed by atoms with E-state index in [1.54, 1.807) is 7.11 Å². The summed E-state index contributed by atoms with van der Waals surface area (Å²) in [7, 11) is 1.60. The van der Waals surface area contributed by atoms with Crippen LogP contribution in [-0.4, -0.2) is 20.5 Å². The Morgan fingerprint density at radius 3 is 2.67 bits per heavy atom. The number of para-hydroxylation sites is 2. The Bertz CT molecular complexity index is 354. The van der Waals surface area contributed by atoms with Crippen LogP contribution in [0.3, 0.4) is 0 Å². The van der Waals surface area contributed by atoms with Gasteiger partial charge in [0.2, 0.25) is 0 Å². The van der Waals surface area contributed by atoms with Crippen LogP contribution in [0.2, 0.25) is 0 Å². The highest BCUT2D eigenvalue weighted by atomic mass is 127. The van der Waals surface area contributed by atoms with Gasteiger partial charge in [0.25, 0.3) is 0 Å². The molecule has 15 heavy (non-hydrogen) atoms. The van der Waals surface area contributed by atoms with Gasteiger partial charge in [-0.25, -0.2) is 0 Å². The maximum absolute atomic E-state index is 5.36. The maximum atomic E-state index is 5.36. The summed E-state index contributed by atoms with van der Waals surface area (Å²) in [6, 6.07) is 7.42. The Balaban J connectivity index is 2.38. The zero-order valence-corrected chi connectivity index (χ0v) is 10.5. The molecule has 0 amide bonds. The van der Waals surface area contributed by atoms with Gasteiger partial charge in [-0.3, -0.25) is 0 Å². The van der Waals surface area contributed by atoms with Crippen LogP contribution in [0.25, 0.3) is 0 Å². The lowest BCUT2D eigenvalue weighted by molar-refractivity contribution is 0.0317. The summed E-state index contributed by atoms with van der Waals surface area (Å²) in [5.41, 5.74) is 0. The molecule has 0 N–H and O–H groups in total. The van der Waals surface area contributed by atoms with Crippen molar-refractivity contribution in [1.29, 1.82) is 0 Å². The summed E-state index contributed by atoms with van der Waals surface area (Å²) in [4.78, 5) is 0. The van der Waals surface area contributed by atoms with E-state index in [0.717, 1.165) is 0 Å². The van der Waals surface area contributed by atoms with Gasteiger partial charge in [0.1, 0.15) is 6.61 Å². The molecule has 1 aromatic carbocycles. The van der Waals surface area contributed by atoms with Crippen LogP contribution < -0.4 is 9.47 Å². The predicted octanol–water partition coefficient (Wildman–Crippen LogP) is 2.44. The molecule has 4 heteroatoms. The highest BCUT2D eigenvalue weighted by Gasteiger charge is 2.00. The summed E-state index contributed by atoms with van der Waals surface area (Å²) in [5, 5.41) is 0. The second-order valence-corrected chi connectivity index (χ2v) is 3.07. The van der Waals surface area contributed by atoms with Gasteiger partial charge in [-0.2, -0.15) is 0 Å². The molecule has 0 radical (unpaired) electrons. The fraction of sp³-hybridized carbons (Fsp3) is 0.273. The first-order valence-electron chi connectivity index (χ1n) is 4.30. The molecule has 0 aliphatic rings. The summed E-state index contributed by atoms with van der Waals surface area (Å²) >= 11 is 1.96. The molecule has 0 atom stereocenters. The summed E-state index contributed by atoms with van der Waals surface area (Å²) in [5.74, 6) is 4.13. The number of rotatable bonds is 5. The van der Waals surface area contributed by atoms with Gasteiger partial charge in [-0.05, 0) is 16.1 Å². The predicted molar refractivity (Wildman–Crippen MR) is 66.2 cm³/mol. The van der Waals surface area contributed by atoms with E-state index in [2.05, 4.69) is 9.85 Å². The molecule has 0 aromatic heterocycles. The lowest BCUT2D eigenvalue weighted by atomic mass is 10.3. The Morgan fingerprint density at radius 1 is 1.27 bits per heavy atom. The Labute approximate surface area is 103 Å². The molecule has 0 heterocycles. The summed E-state index contributed by atoms with van der Waals surface area (Å²) in [6.07, 6.45) is 0. The quantitative estimate of drug-likeness (QED) is 0.361. The monoisotopic (exact) mass is 318 g/mol. The van der Waals surface area contributed by atoms with Crippen LogP contribution in [0.15, 0.2) is 24.3 Å². The number of ether oxygens (including phenoxy) is 3. The average Bonchev–Trinajstić information content (AvgIpc) is 2.29. The Morgan fingerprint density at radius 2 is 2.00 bits per heavy atom. The molecule has 3 nitrogen and oxygen atoms in total. The van der Waals surface area contributed by atoms with E-state index in [0.29, 0.717) is 18.1 Å². The van der Waals surface area contributed by atoms with Crippen molar-refractivity contribution in [2.75, 3.05) is 20.5 Å². The fourth-order valence-corrected chi connectivity index (χ4v) is 1.12. The van der Waals surface area contributed by atoms with E-state index in [1.807, 2.05) is 46.9 Å². The molecule has 0 bridgehead atoms. The van der Waals surface area contributed by atoms with Crippen molar-refractivity contribution in [3.8, 4) is 21.3 Å². The first-order chi connectivity index (χ1) is 7.38. The highest BCUT2D eigenvalue weighted by Crippen LogP contribution is 2.25. The van der Waals surface area contributed by atoms with Crippen LogP contribution in [0.5, 0.6) is 11.5 Å².